The van der Waals surface area contributed by atoms with Crippen LogP contribution in [0.3, 0.4) is 0 Å². The van der Waals surface area contributed by atoms with Gasteiger partial charge in [0, 0.05) is 18.3 Å². The number of carboxylic acids is 1. The number of benzene rings is 2. The van der Waals surface area contributed by atoms with Gasteiger partial charge in [-0.3, -0.25) is 0 Å². The molecule has 0 atom stereocenters. The highest BCUT2D eigenvalue weighted by molar-refractivity contribution is 5.97. The minimum absolute atomic E-state index is 0.0613. The molecule has 0 saturated heterocycles. The molecule has 3 aromatic rings. The van der Waals surface area contributed by atoms with Crippen molar-refractivity contribution >= 4 is 5.97 Å². The van der Waals surface area contributed by atoms with Gasteiger partial charge in [-0.05, 0) is 48.9 Å². The summed E-state index contributed by atoms with van der Waals surface area (Å²) in [4.78, 5) is 11.6. The van der Waals surface area contributed by atoms with Gasteiger partial charge in [0.2, 0.25) is 0 Å². The van der Waals surface area contributed by atoms with E-state index in [1.165, 1.54) is 28.8 Å². The Morgan fingerprint density at radius 3 is 2.04 bits per heavy atom. The lowest BCUT2D eigenvalue weighted by Crippen LogP contribution is -2.06. The van der Waals surface area contributed by atoms with Crippen molar-refractivity contribution < 1.29 is 19.0 Å². The van der Waals surface area contributed by atoms with Crippen LogP contribution in [0.1, 0.15) is 35.6 Å². The summed E-state index contributed by atoms with van der Waals surface area (Å²) in [6.07, 6.45) is 0. The molecule has 144 valence electrons. The summed E-state index contributed by atoms with van der Waals surface area (Å²) in [5, 5.41) is 19.0. The summed E-state index contributed by atoms with van der Waals surface area (Å²) >= 11 is 0. The van der Waals surface area contributed by atoms with Crippen LogP contribution in [0.5, 0.6) is 11.5 Å². The fourth-order valence-corrected chi connectivity index (χ4v) is 2.80. The number of aromatic nitrogens is 1. The number of carboxylic acid groups (broad SMARTS) is 1. The Hall–Kier alpha value is -3.59. The van der Waals surface area contributed by atoms with E-state index in [4.69, 9.17) is 4.74 Å². The number of hydrogen-bond donors (Lipinski definition) is 1. The third kappa shape index (κ3) is 4.04. The molecule has 5 nitrogen and oxygen atoms in total. The zero-order valence-electron chi connectivity index (χ0n) is 16.2. The largest absolute Gasteiger partial charge is 0.477 e. The van der Waals surface area contributed by atoms with E-state index in [0.29, 0.717) is 33.9 Å². The molecule has 1 heterocycles. The molecule has 0 amide bonds. The van der Waals surface area contributed by atoms with Gasteiger partial charge in [0.1, 0.15) is 29.1 Å². The average molecular weight is 380 g/mol. The van der Waals surface area contributed by atoms with E-state index in [1.807, 2.05) is 13.8 Å². The van der Waals surface area contributed by atoms with Gasteiger partial charge in [-0.25, -0.2) is 9.18 Å². The van der Waals surface area contributed by atoms with Crippen molar-refractivity contribution in [2.75, 3.05) is 0 Å². The van der Waals surface area contributed by atoms with Crippen LogP contribution in [-0.2, 0) is 7.05 Å². The van der Waals surface area contributed by atoms with Crippen LogP contribution in [0.2, 0.25) is 0 Å². The highest BCUT2D eigenvalue weighted by Gasteiger charge is 2.24. The minimum atomic E-state index is -1.10. The van der Waals surface area contributed by atoms with Crippen LogP contribution in [0.4, 0.5) is 4.39 Å². The molecule has 28 heavy (non-hydrogen) atoms. The van der Waals surface area contributed by atoms with Crippen LogP contribution < -0.4 is 4.74 Å². The van der Waals surface area contributed by atoms with Crippen molar-refractivity contribution in [2.45, 2.75) is 20.8 Å². The maximum absolute atomic E-state index is 12.9. The molecule has 2 aromatic carbocycles. The standard InChI is InChI=1S/C20H15FN2O3.C2H6/c1-12-17(11-22)18(19(20(24)25)23(12)2)13-3-7-15(8-4-13)26-16-9-5-14(21)6-10-16;1-2/h3-10H,1-2H3,(H,24,25);1-2H3. The van der Waals surface area contributed by atoms with Crippen LogP contribution in [0.25, 0.3) is 11.1 Å². The van der Waals surface area contributed by atoms with E-state index in [2.05, 4.69) is 6.07 Å². The van der Waals surface area contributed by atoms with Gasteiger partial charge in [0.15, 0.2) is 0 Å². The van der Waals surface area contributed by atoms with Crippen LogP contribution >= 0.6 is 0 Å². The molecule has 0 bridgehead atoms. The fraction of sp³-hybridized carbons (Fsp3) is 0.182. The maximum atomic E-state index is 12.9. The quantitative estimate of drug-likeness (QED) is 0.646. The first kappa shape index (κ1) is 20.7. The van der Waals surface area contributed by atoms with Gasteiger partial charge in [0.25, 0.3) is 0 Å². The Kier molecular flexibility index (Phi) is 6.56. The van der Waals surface area contributed by atoms with Gasteiger partial charge in [-0.15, -0.1) is 0 Å². The minimum Gasteiger partial charge on any atom is -0.477 e. The zero-order chi connectivity index (χ0) is 20.8. The number of halogens is 1. The third-order valence-corrected chi connectivity index (χ3v) is 4.19. The predicted octanol–water partition coefficient (Wildman–Crippen LogP) is 5.53. The van der Waals surface area contributed by atoms with Crippen molar-refractivity contribution in [3.63, 3.8) is 0 Å². The highest BCUT2D eigenvalue weighted by Crippen LogP contribution is 2.33. The van der Waals surface area contributed by atoms with Crippen LogP contribution in [0.15, 0.2) is 48.5 Å². The predicted molar refractivity (Wildman–Crippen MR) is 105 cm³/mol. The number of hydrogen-bond acceptors (Lipinski definition) is 3. The molecule has 0 unspecified atom stereocenters. The first-order valence-corrected chi connectivity index (χ1v) is 8.79. The molecule has 0 aliphatic carbocycles. The Labute approximate surface area is 163 Å². The summed E-state index contributed by atoms with van der Waals surface area (Å²) < 4.78 is 20.1. The SMILES string of the molecule is CC.Cc1c(C#N)c(-c2ccc(Oc3ccc(F)cc3)cc2)c(C(=O)O)n1C. The van der Waals surface area contributed by atoms with Gasteiger partial charge < -0.3 is 14.4 Å². The third-order valence-electron chi connectivity index (χ3n) is 4.19. The van der Waals surface area contributed by atoms with Crippen LogP contribution in [-0.4, -0.2) is 15.6 Å². The number of ether oxygens (including phenoxy) is 1. The molecule has 0 saturated carbocycles. The van der Waals surface area contributed by atoms with E-state index in [0.717, 1.165) is 0 Å². The lowest BCUT2D eigenvalue weighted by molar-refractivity contribution is 0.0687. The number of nitrogens with zero attached hydrogens (tertiary/aromatic N) is 2. The molecule has 0 fully saturated rings. The van der Waals surface area contributed by atoms with Gasteiger partial charge in [-0.1, -0.05) is 26.0 Å². The smallest absolute Gasteiger partial charge is 0.353 e. The number of carbonyl (C=O) groups is 1. The number of nitriles is 1. The lowest BCUT2D eigenvalue weighted by Gasteiger charge is -2.08. The molecule has 6 heteroatoms. The summed E-state index contributed by atoms with van der Waals surface area (Å²) in [6.45, 7) is 5.71. The first-order valence-electron chi connectivity index (χ1n) is 8.79. The molecule has 0 radical (unpaired) electrons. The van der Waals surface area contributed by atoms with E-state index in [9.17, 15) is 19.6 Å². The molecular formula is C22H21FN2O3. The second-order valence-electron chi connectivity index (χ2n) is 5.74. The molecule has 3 rings (SSSR count). The topological polar surface area (TPSA) is 75.2 Å². The fourth-order valence-electron chi connectivity index (χ4n) is 2.80. The molecule has 0 spiro atoms. The summed E-state index contributed by atoms with van der Waals surface area (Å²) in [5.74, 6) is -0.446. The van der Waals surface area contributed by atoms with Gasteiger partial charge >= 0.3 is 5.97 Å². The van der Waals surface area contributed by atoms with Crippen molar-refractivity contribution in [3.05, 3.63) is 71.3 Å². The molecule has 1 aromatic heterocycles. The van der Waals surface area contributed by atoms with E-state index >= 15 is 0 Å². The van der Waals surface area contributed by atoms with E-state index in [-0.39, 0.29) is 11.5 Å². The second-order valence-corrected chi connectivity index (χ2v) is 5.74. The maximum Gasteiger partial charge on any atom is 0.353 e. The number of rotatable bonds is 4. The molecular weight excluding hydrogens is 359 g/mol. The molecule has 1 N–H and O–H groups in total. The van der Waals surface area contributed by atoms with Gasteiger partial charge in [-0.2, -0.15) is 5.26 Å². The first-order chi connectivity index (χ1) is 13.4. The Balaban J connectivity index is 0.00000136. The Bertz CT molecular complexity index is 1010. The normalized spacial score (nSPS) is 9.86. The molecule has 0 aliphatic rings. The molecule has 0 aliphatic heterocycles. The second kappa shape index (κ2) is 8.87. The average Bonchev–Trinajstić information content (AvgIpc) is 2.96. The number of aromatic carboxylic acids is 1. The highest BCUT2D eigenvalue weighted by atomic mass is 19.1. The monoisotopic (exact) mass is 380 g/mol. The van der Waals surface area contributed by atoms with Crippen molar-refractivity contribution in [2.24, 2.45) is 7.05 Å². The summed E-state index contributed by atoms with van der Waals surface area (Å²) in [7, 11) is 1.62. The zero-order valence-corrected chi connectivity index (χ0v) is 16.2. The Morgan fingerprint density at radius 1 is 1.07 bits per heavy atom. The van der Waals surface area contributed by atoms with Crippen molar-refractivity contribution in [1.82, 2.24) is 4.57 Å². The van der Waals surface area contributed by atoms with E-state index < -0.39 is 5.97 Å². The summed E-state index contributed by atoms with van der Waals surface area (Å²) in [6, 6.07) is 14.5. The van der Waals surface area contributed by atoms with Crippen LogP contribution in [0, 0.1) is 24.1 Å². The van der Waals surface area contributed by atoms with E-state index in [1.54, 1.807) is 38.2 Å². The lowest BCUT2D eigenvalue weighted by atomic mass is 10.0. The van der Waals surface area contributed by atoms with Gasteiger partial charge in [0.05, 0.1) is 5.56 Å². The summed E-state index contributed by atoms with van der Waals surface area (Å²) in [5.41, 5.74) is 1.97. The van der Waals surface area contributed by atoms with Crippen molar-refractivity contribution in [1.29, 1.82) is 5.26 Å². The Morgan fingerprint density at radius 2 is 1.57 bits per heavy atom. The van der Waals surface area contributed by atoms with Crippen molar-refractivity contribution in [3.8, 4) is 28.7 Å².